The van der Waals surface area contributed by atoms with Crippen LogP contribution in [0.2, 0.25) is 0 Å². The second kappa shape index (κ2) is 7.70. The Kier molecular flexibility index (Phi) is 4.56. The summed E-state index contributed by atoms with van der Waals surface area (Å²) >= 11 is 0. The first-order valence-corrected chi connectivity index (χ1v) is 7.42. The number of hydrogen-bond acceptors (Lipinski definition) is 2. The molecule has 0 aliphatic heterocycles. The van der Waals surface area contributed by atoms with Crippen LogP contribution in [0.25, 0.3) is 5.57 Å². The van der Waals surface area contributed by atoms with Gasteiger partial charge in [0.1, 0.15) is 0 Å². The van der Waals surface area contributed by atoms with Gasteiger partial charge in [-0.25, -0.2) is 0 Å². The Hall–Kier alpha value is -1.45. The third-order valence-electron chi connectivity index (χ3n) is 4.21. The smallest absolute Gasteiger partial charge is 0.0475 e. The van der Waals surface area contributed by atoms with E-state index in [1.807, 2.05) is 18.3 Å². The highest BCUT2D eigenvalue weighted by Gasteiger charge is 2.25. The van der Waals surface area contributed by atoms with E-state index in [0.29, 0.717) is 6.54 Å². The Balaban J connectivity index is 0.00000225. The monoisotopic (exact) mass is 361 g/mol. The molecule has 1 N–H and O–H groups in total. The third kappa shape index (κ3) is 3.31. The summed E-state index contributed by atoms with van der Waals surface area (Å²) in [4.78, 5) is 4.51. The van der Waals surface area contributed by atoms with E-state index < -0.39 is 6.98 Å². The van der Waals surface area contributed by atoms with E-state index in [1.165, 1.54) is 22.3 Å². The van der Waals surface area contributed by atoms with Gasteiger partial charge in [0.25, 0.3) is 0 Å². The molecule has 1 heterocycles. The highest BCUT2D eigenvalue weighted by atomic mass is 79.9. The van der Waals surface area contributed by atoms with Crippen molar-refractivity contribution in [2.45, 2.75) is 25.7 Å². The third-order valence-corrected chi connectivity index (χ3v) is 4.21. The fourth-order valence-corrected chi connectivity index (χ4v) is 3.21. The number of fused-ring (bicyclic) bond motifs is 1. The maximum atomic E-state index is 7.30. The van der Waals surface area contributed by atoms with E-state index in [4.69, 9.17) is 4.11 Å². The lowest BCUT2D eigenvalue weighted by Gasteiger charge is -2.17. The zero-order chi connectivity index (χ0) is 17.2. The lowest BCUT2D eigenvalue weighted by molar-refractivity contribution is 0.772. The van der Waals surface area contributed by atoms with Crippen LogP contribution >= 0.6 is 17.0 Å². The molecule has 22 heavy (non-hydrogen) atoms. The summed E-state index contributed by atoms with van der Waals surface area (Å²) < 4.78 is 21.9. The van der Waals surface area contributed by atoms with Crippen molar-refractivity contribution in [2.75, 3.05) is 13.5 Å². The molecule has 1 aromatic heterocycles. The minimum absolute atomic E-state index is 0. The van der Waals surface area contributed by atoms with Crippen molar-refractivity contribution in [2.24, 2.45) is 0 Å². The molecule has 1 atom stereocenters. The Morgan fingerprint density at radius 3 is 2.82 bits per heavy atom. The fraction of sp³-hybridized carbons (Fsp3) is 0.316. The molecule has 0 saturated carbocycles. The van der Waals surface area contributed by atoms with Crippen LogP contribution in [0.3, 0.4) is 0 Å². The van der Waals surface area contributed by atoms with E-state index in [2.05, 4.69) is 47.6 Å². The van der Waals surface area contributed by atoms with E-state index in [9.17, 15) is 0 Å². The summed E-state index contributed by atoms with van der Waals surface area (Å²) in [5, 5.41) is 2.62. The van der Waals surface area contributed by atoms with Gasteiger partial charge in [-0.3, -0.25) is 4.98 Å². The van der Waals surface area contributed by atoms with Crippen molar-refractivity contribution >= 4 is 22.6 Å². The molecular formula is C19H23BrN2. The van der Waals surface area contributed by atoms with Crippen molar-refractivity contribution in [3.8, 4) is 0 Å². The molecule has 116 valence electrons. The Morgan fingerprint density at radius 2 is 2.05 bits per heavy atom. The van der Waals surface area contributed by atoms with Gasteiger partial charge in [0.05, 0.1) is 0 Å². The van der Waals surface area contributed by atoms with Crippen LogP contribution in [-0.2, 0) is 6.42 Å². The van der Waals surface area contributed by atoms with Crippen molar-refractivity contribution in [3.63, 3.8) is 0 Å². The molecule has 1 aliphatic carbocycles. The minimum Gasteiger partial charge on any atom is -0.319 e. The molecule has 0 amide bonds. The van der Waals surface area contributed by atoms with Crippen LogP contribution in [0, 0.1) is 0 Å². The molecular weight excluding hydrogens is 336 g/mol. The maximum absolute atomic E-state index is 7.30. The van der Waals surface area contributed by atoms with Gasteiger partial charge >= 0.3 is 0 Å². The first-order valence-electron chi connectivity index (χ1n) is 8.92. The van der Waals surface area contributed by atoms with Crippen molar-refractivity contribution in [1.29, 1.82) is 0 Å². The fourth-order valence-electron chi connectivity index (χ4n) is 3.21. The molecule has 0 saturated heterocycles. The predicted molar refractivity (Wildman–Crippen MR) is 98.6 cm³/mol. The van der Waals surface area contributed by atoms with Gasteiger partial charge in [-0.1, -0.05) is 42.8 Å². The second-order valence-corrected chi connectivity index (χ2v) is 5.50. The topological polar surface area (TPSA) is 24.9 Å². The van der Waals surface area contributed by atoms with Gasteiger partial charge in [0, 0.05) is 21.9 Å². The summed E-state index contributed by atoms with van der Waals surface area (Å²) in [7, 11) is 0. The molecule has 1 unspecified atom stereocenters. The molecule has 3 rings (SSSR count). The zero-order valence-corrected chi connectivity index (χ0v) is 14.4. The standard InChI is InChI=1S/C19H22N2.BrH/c1-14(18-9-5-6-11-21-18)19-16(10-12-20-2)13-15-7-3-4-8-17(15)19;/h3-9,11,14,20H,10,12-13H2,1-2H3;1H/i2D3;. The summed E-state index contributed by atoms with van der Waals surface area (Å²) in [6, 6.07) is 14.4. The van der Waals surface area contributed by atoms with Gasteiger partial charge in [-0.15, -0.1) is 17.0 Å². The number of nitrogens with one attached hydrogen (secondary N) is 1. The Bertz CT molecular complexity index is 742. The molecule has 1 aromatic carbocycles. The van der Waals surface area contributed by atoms with Crippen molar-refractivity contribution < 1.29 is 4.11 Å². The van der Waals surface area contributed by atoms with Gasteiger partial charge in [-0.2, -0.15) is 0 Å². The summed E-state index contributed by atoms with van der Waals surface area (Å²) in [6.07, 6.45) is 3.45. The number of hydrogen-bond donors (Lipinski definition) is 1. The van der Waals surface area contributed by atoms with Crippen LogP contribution in [0.5, 0.6) is 0 Å². The van der Waals surface area contributed by atoms with Gasteiger partial charge in [0.15, 0.2) is 0 Å². The van der Waals surface area contributed by atoms with E-state index >= 15 is 0 Å². The summed E-state index contributed by atoms with van der Waals surface area (Å²) in [6.45, 7) is 0.550. The molecule has 2 aromatic rings. The number of halogens is 1. The molecule has 1 aliphatic rings. The molecule has 0 radical (unpaired) electrons. The van der Waals surface area contributed by atoms with E-state index in [0.717, 1.165) is 18.5 Å². The predicted octanol–water partition coefficient (Wildman–Crippen LogP) is 4.38. The second-order valence-electron chi connectivity index (χ2n) is 5.50. The first kappa shape index (κ1) is 13.0. The van der Waals surface area contributed by atoms with Gasteiger partial charge in [0.2, 0.25) is 0 Å². The molecule has 2 nitrogen and oxygen atoms in total. The average Bonchev–Trinajstić information content (AvgIpc) is 2.92. The maximum Gasteiger partial charge on any atom is 0.0475 e. The molecule has 3 heteroatoms. The SMILES string of the molecule is Br.[2H]C([2H])([2H])NCCC1=C(C(C)c2ccccn2)c2ccccc2C1. The van der Waals surface area contributed by atoms with Crippen LogP contribution < -0.4 is 5.32 Å². The molecule has 0 bridgehead atoms. The number of rotatable bonds is 5. The average molecular weight is 362 g/mol. The summed E-state index contributed by atoms with van der Waals surface area (Å²) in [5.74, 6) is 0.192. The number of pyridine rings is 1. The number of aromatic nitrogens is 1. The van der Waals surface area contributed by atoms with Gasteiger partial charge in [-0.05, 0) is 55.2 Å². The number of benzene rings is 1. The van der Waals surface area contributed by atoms with Crippen LogP contribution in [-0.4, -0.2) is 18.5 Å². The zero-order valence-electron chi connectivity index (χ0n) is 15.7. The molecule has 0 fully saturated rings. The summed E-state index contributed by atoms with van der Waals surface area (Å²) in [5.41, 5.74) is 6.26. The largest absolute Gasteiger partial charge is 0.319 e. The van der Waals surface area contributed by atoms with Crippen LogP contribution in [0.4, 0.5) is 0 Å². The Morgan fingerprint density at radius 1 is 1.23 bits per heavy atom. The number of nitrogens with zero attached hydrogens (tertiary/aromatic N) is 1. The van der Waals surface area contributed by atoms with Crippen molar-refractivity contribution in [1.82, 2.24) is 10.3 Å². The van der Waals surface area contributed by atoms with Crippen molar-refractivity contribution in [3.05, 3.63) is 71.1 Å². The van der Waals surface area contributed by atoms with Crippen LogP contribution in [0.1, 0.15) is 40.2 Å². The van der Waals surface area contributed by atoms with Gasteiger partial charge < -0.3 is 5.32 Å². The lowest BCUT2D eigenvalue weighted by Crippen LogP contribution is -2.09. The number of allylic oxidation sites excluding steroid dienone is 1. The highest BCUT2D eigenvalue weighted by Crippen LogP contribution is 2.42. The minimum atomic E-state index is -2.08. The lowest BCUT2D eigenvalue weighted by atomic mass is 9.90. The molecule has 0 spiro atoms. The van der Waals surface area contributed by atoms with E-state index in [-0.39, 0.29) is 22.9 Å². The Labute approximate surface area is 147 Å². The normalized spacial score (nSPS) is 17.0. The van der Waals surface area contributed by atoms with Crippen LogP contribution in [0.15, 0.2) is 54.2 Å². The quantitative estimate of drug-likeness (QED) is 0.854. The highest BCUT2D eigenvalue weighted by molar-refractivity contribution is 8.93. The first-order chi connectivity index (χ1) is 11.5. The van der Waals surface area contributed by atoms with E-state index in [1.54, 1.807) is 0 Å².